The Hall–Kier alpha value is -1.55. The van der Waals surface area contributed by atoms with Gasteiger partial charge in [-0.3, -0.25) is 4.79 Å². The van der Waals surface area contributed by atoms with Crippen molar-refractivity contribution in [1.82, 2.24) is 10.6 Å². The second-order valence-electron chi connectivity index (χ2n) is 5.83. The molecule has 0 bridgehead atoms. The van der Waals surface area contributed by atoms with Crippen LogP contribution in [0.2, 0.25) is 0 Å². The molecule has 1 saturated carbocycles. The van der Waals surface area contributed by atoms with Gasteiger partial charge in [-0.05, 0) is 44.4 Å². The van der Waals surface area contributed by atoms with Crippen molar-refractivity contribution < 1.29 is 9.53 Å². The predicted octanol–water partition coefficient (Wildman–Crippen LogP) is 2.41. The van der Waals surface area contributed by atoms with Crippen molar-refractivity contribution in [1.29, 1.82) is 0 Å². The maximum Gasteiger partial charge on any atom is 0.237 e. The molecule has 0 spiro atoms. The van der Waals surface area contributed by atoms with Crippen molar-refractivity contribution in [2.45, 2.75) is 51.6 Å². The molecule has 4 heteroatoms. The van der Waals surface area contributed by atoms with Crippen molar-refractivity contribution in [3.05, 3.63) is 29.8 Å². The summed E-state index contributed by atoms with van der Waals surface area (Å²) in [6.07, 6.45) is 4.71. The predicted molar refractivity (Wildman–Crippen MR) is 84.5 cm³/mol. The lowest BCUT2D eigenvalue weighted by Gasteiger charge is -2.18. The minimum Gasteiger partial charge on any atom is -0.492 e. The fourth-order valence-corrected chi connectivity index (χ4v) is 2.64. The maximum absolute atomic E-state index is 12.0. The topological polar surface area (TPSA) is 50.4 Å². The summed E-state index contributed by atoms with van der Waals surface area (Å²) in [5, 5.41) is 6.31. The number of hydrogen-bond acceptors (Lipinski definition) is 3. The Kier molecular flexibility index (Phi) is 6.05. The number of carbonyl (C=O) groups is 1. The van der Waals surface area contributed by atoms with Gasteiger partial charge in [-0.25, -0.2) is 0 Å². The molecule has 1 aliphatic carbocycles. The van der Waals surface area contributed by atoms with Gasteiger partial charge in [-0.1, -0.05) is 25.0 Å². The van der Waals surface area contributed by atoms with E-state index in [1.165, 1.54) is 18.4 Å². The molecular weight excluding hydrogens is 264 g/mol. The van der Waals surface area contributed by atoms with Crippen LogP contribution in [0.5, 0.6) is 5.75 Å². The highest BCUT2D eigenvalue weighted by molar-refractivity contribution is 5.81. The van der Waals surface area contributed by atoms with Crippen LogP contribution in [0.25, 0.3) is 0 Å². The molecule has 21 heavy (non-hydrogen) atoms. The van der Waals surface area contributed by atoms with E-state index in [1.807, 2.05) is 38.1 Å². The number of amides is 1. The quantitative estimate of drug-likeness (QED) is 0.758. The Morgan fingerprint density at radius 1 is 1.38 bits per heavy atom. The lowest BCUT2D eigenvalue weighted by atomic mass is 10.2. The van der Waals surface area contributed by atoms with Crippen LogP contribution >= 0.6 is 0 Å². The lowest BCUT2D eigenvalue weighted by molar-refractivity contribution is -0.123. The Balaban J connectivity index is 1.62. The molecule has 0 radical (unpaired) electrons. The fourth-order valence-electron chi connectivity index (χ4n) is 2.64. The maximum atomic E-state index is 12.0. The summed E-state index contributed by atoms with van der Waals surface area (Å²) in [7, 11) is 0. The minimum atomic E-state index is -0.174. The normalized spacial score (nSPS) is 16.7. The first-order chi connectivity index (χ1) is 10.1. The summed E-state index contributed by atoms with van der Waals surface area (Å²) >= 11 is 0. The first kappa shape index (κ1) is 15.8. The van der Waals surface area contributed by atoms with Crippen LogP contribution in [0.3, 0.4) is 0 Å². The van der Waals surface area contributed by atoms with Crippen molar-refractivity contribution >= 4 is 5.91 Å². The number of aryl methyl sites for hydroxylation is 1. The smallest absolute Gasteiger partial charge is 0.237 e. The molecule has 1 fully saturated rings. The van der Waals surface area contributed by atoms with Crippen molar-refractivity contribution in [2.75, 3.05) is 13.2 Å². The van der Waals surface area contributed by atoms with E-state index in [9.17, 15) is 4.79 Å². The van der Waals surface area contributed by atoms with E-state index in [-0.39, 0.29) is 11.9 Å². The van der Waals surface area contributed by atoms with E-state index in [0.29, 0.717) is 19.2 Å². The van der Waals surface area contributed by atoms with E-state index >= 15 is 0 Å². The van der Waals surface area contributed by atoms with Gasteiger partial charge >= 0.3 is 0 Å². The average molecular weight is 290 g/mol. The zero-order valence-electron chi connectivity index (χ0n) is 13.0. The van der Waals surface area contributed by atoms with E-state index in [2.05, 4.69) is 10.6 Å². The highest BCUT2D eigenvalue weighted by Gasteiger charge is 2.20. The zero-order chi connectivity index (χ0) is 15.1. The molecular formula is C17H26N2O2. The first-order valence-electron chi connectivity index (χ1n) is 7.88. The summed E-state index contributed by atoms with van der Waals surface area (Å²) in [5.41, 5.74) is 1.18. The summed E-state index contributed by atoms with van der Waals surface area (Å²) in [6, 6.07) is 8.19. The minimum absolute atomic E-state index is 0.0949. The summed E-state index contributed by atoms with van der Waals surface area (Å²) in [6.45, 7) is 5.16. The molecule has 4 nitrogen and oxygen atoms in total. The lowest BCUT2D eigenvalue weighted by Crippen LogP contribution is -2.46. The van der Waals surface area contributed by atoms with E-state index in [4.69, 9.17) is 4.74 Å². The van der Waals surface area contributed by atoms with Crippen LogP contribution in [-0.4, -0.2) is 31.1 Å². The molecule has 2 rings (SSSR count). The third-order valence-electron chi connectivity index (χ3n) is 3.91. The van der Waals surface area contributed by atoms with E-state index in [1.54, 1.807) is 0 Å². The van der Waals surface area contributed by atoms with Gasteiger partial charge in [-0.2, -0.15) is 0 Å². The monoisotopic (exact) mass is 290 g/mol. The largest absolute Gasteiger partial charge is 0.492 e. The Morgan fingerprint density at radius 2 is 2.14 bits per heavy atom. The molecule has 2 N–H and O–H groups in total. The molecule has 1 aromatic carbocycles. The summed E-state index contributed by atoms with van der Waals surface area (Å²) < 4.78 is 5.66. The van der Waals surface area contributed by atoms with Gasteiger partial charge in [0, 0.05) is 12.6 Å². The van der Waals surface area contributed by atoms with E-state index < -0.39 is 0 Å². The Labute approximate surface area is 127 Å². The van der Waals surface area contributed by atoms with Gasteiger partial charge in [0.2, 0.25) is 5.91 Å². The van der Waals surface area contributed by atoms with Gasteiger partial charge in [-0.15, -0.1) is 0 Å². The number of ether oxygens (including phenoxy) is 1. The Morgan fingerprint density at radius 3 is 2.86 bits per heavy atom. The van der Waals surface area contributed by atoms with Crippen molar-refractivity contribution in [2.24, 2.45) is 0 Å². The number of nitrogens with one attached hydrogen (secondary N) is 2. The third kappa shape index (κ3) is 5.38. The summed E-state index contributed by atoms with van der Waals surface area (Å²) in [4.78, 5) is 12.0. The van der Waals surface area contributed by atoms with Crippen molar-refractivity contribution in [3.8, 4) is 5.75 Å². The van der Waals surface area contributed by atoms with Gasteiger partial charge in [0.15, 0.2) is 0 Å². The summed E-state index contributed by atoms with van der Waals surface area (Å²) in [5.74, 6) is 0.970. The van der Waals surface area contributed by atoms with Crippen LogP contribution < -0.4 is 15.4 Å². The molecule has 1 unspecified atom stereocenters. The highest BCUT2D eigenvalue weighted by Crippen LogP contribution is 2.17. The fraction of sp³-hybridized carbons (Fsp3) is 0.588. The van der Waals surface area contributed by atoms with Crippen LogP contribution in [0.15, 0.2) is 24.3 Å². The molecule has 0 aliphatic heterocycles. The van der Waals surface area contributed by atoms with Crippen LogP contribution in [0, 0.1) is 6.92 Å². The standard InChI is InChI=1S/C17H26N2O2/c1-13-6-5-9-16(12-13)21-11-10-18-14(2)17(20)19-15-7-3-4-8-15/h5-6,9,12,14-15,18H,3-4,7-8,10-11H2,1-2H3,(H,19,20). The molecule has 1 aromatic rings. The first-order valence-corrected chi connectivity index (χ1v) is 7.88. The van der Waals surface area contributed by atoms with Crippen LogP contribution in [-0.2, 0) is 4.79 Å². The van der Waals surface area contributed by atoms with Gasteiger partial charge in [0.25, 0.3) is 0 Å². The van der Waals surface area contributed by atoms with E-state index in [0.717, 1.165) is 18.6 Å². The highest BCUT2D eigenvalue weighted by atomic mass is 16.5. The zero-order valence-corrected chi connectivity index (χ0v) is 13.0. The second kappa shape index (κ2) is 8.03. The van der Waals surface area contributed by atoms with Crippen LogP contribution in [0.4, 0.5) is 0 Å². The number of benzene rings is 1. The molecule has 1 amide bonds. The van der Waals surface area contributed by atoms with Gasteiger partial charge in [0.05, 0.1) is 6.04 Å². The molecule has 0 heterocycles. The molecule has 1 aliphatic rings. The average Bonchev–Trinajstić information content (AvgIpc) is 2.96. The molecule has 1 atom stereocenters. The van der Waals surface area contributed by atoms with Crippen molar-refractivity contribution in [3.63, 3.8) is 0 Å². The van der Waals surface area contributed by atoms with Gasteiger partial charge in [0.1, 0.15) is 12.4 Å². The SMILES string of the molecule is Cc1cccc(OCCNC(C)C(=O)NC2CCCC2)c1. The molecule has 0 saturated heterocycles. The molecule has 0 aromatic heterocycles. The third-order valence-corrected chi connectivity index (χ3v) is 3.91. The van der Waals surface area contributed by atoms with Crippen LogP contribution in [0.1, 0.15) is 38.2 Å². The number of rotatable bonds is 7. The molecule has 116 valence electrons. The number of hydrogen-bond donors (Lipinski definition) is 2. The number of carbonyl (C=O) groups excluding carboxylic acids is 1. The Bertz CT molecular complexity index is 456. The second-order valence-corrected chi connectivity index (χ2v) is 5.83. The van der Waals surface area contributed by atoms with Gasteiger partial charge < -0.3 is 15.4 Å².